The van der Waals surface area contributed by atoms with Gasteiger partial charge in [0.05, 0.1) is 22.5 Å². The van der Waals surface area contributed by atoms with Crippen LogP contribution in [0.3, 0.4) is 0 Å². The first-order valence-electron chi connectivity index (χ1n) is 13.9. The molecule has 38 heavy (non-hydrogen) atoms. The smallest absolute Gasteiger partial charge is 0.266 e. The van der Waals surface area contributed by atoms with Gasteiger partial charge in [0.1, 0.15) is 6.61 Å². The molecule has 5 rings (SSSR count). The largest absolute Gasteiger partial charge is 0.493 e. The maximum Gasteiger partial charge on any atom is 0.266 e. The molecule has 2 aromatic rings. The van der Waals surface area contributed by atoms with E-state index in [0.29, 0.717) is 24.1 Å². The van der Waals surface area contributed by atoms with Crippen LogP contribution >= 0.6 is 27.7 Å². The highest BCUT2D eigenvalue weighted by molar-refractivity contribution is 9.10. The van der Waals surface area contributed by atoms with Gasteiger partial charge in [0.25, 0.3) is 5.91 Å². The zero-order valence-electron chi connectivity index (χ0n) is 22.4. The molecule has 0 spiro atoms. The van der Waals surface area contributed by atoms with E-state index < -0.39 is 0 Å². The van der Waals surface area contributed by atoms with E-state index in [1.54, 1.807) is 18.9 Å². The van der Waals surface area contributed by atoms with Crippen LogP contribution in [0.1, 0.15) is 80.9 Å². The number of nitrogens with zero attached hydrogens (tertiary/aromatic N) is 2. The summed E-state index contributed by atoms with van der Waals surface area (Å²) in [6, 6.07) is 12.8. The van der Waals surface area contributed by atoms with Gasteiger partial charge in [-0.2, -0.15) is 0 Å². The first-order chi connectivity index (χ1) is 18.5. The number of ether oxygens (including phenoxy) is 2. The molecule has 202 valence electrons. The van der Waals surface area contributed by atoms with Gasteiger partial charge in [-0.05, 0) is 89.6 Å². The Kier molecular flexibility index (Phi) is 9.16. The summed E-state index contributed by atoms with van der Waals surface area (Å²) in [5.41, 5.74) is 3.21. The third kappa shape index (κ3) is 6.48. The van der Waals surface area contributed by atoms with Crippen molar-refractivity contribution in [3.8, 4) is 11.5 Å². The average molecular weight is 598 g/mol. The second-order valence-corrected chi connectivity index (χ2v) is 12.5. The molecule has 1 heterocycles. The van der Waals surface area contributed by atoms with E-state index in [1.165, 1.54) is 44.1 Å². The molecule has 0 aromatic heterocycles. The Morgan fingerprint density at radius 3 is 2.39 bits per heavy atom. The van der Waals surface area contributed by atoms with E-state index in [9.17, 15) is 4.79 Å². The fourth-order valence-electron chi connectivity index (χ4n) is 5.56. The Morgan fingerprint density at radius 1 is 1.03 bits per heavy atom. The van der Waals surface area contributed by atoms with Gasteiger partial charge < -0.3 is 9.47 Å². The van der Waals surface area contributed by atoms with Crippen LogP contribution in [0.5, 0.6) is 11.5 Å². The van der Waals surface area contributed by atoms with Gasteiger partial charge in [-0.15, -0.1) is 0 Å². The number of hydrogen-bond acceptors (Lipinski definition) is 5. The van der Waals surface area contributed by atoms with Crippen LogP contribution in [0, 0.1) is 6.92 Å². The molecule has 3 fully saturated rings. The number of benzene rings is 2. The van der Waals surface area contributed by atoms with Gasteiger partial charge in [0, 0.05) is 6.04 Å². The van der Waals surface area contributed by atoms with Crippen LogP contribution < -0.4 is 9.47 Å². The third-order valence-electron chi connectivity index (χ3n) is 7.70. The molecule has 0 radical (unpaired) electrons. The standard InChI is InChI=1S/C31H37BrN2O3S/c1-21-13-15-22(16-14-21)20-37-29-26(32)17-23(18-27(29)36-2)19-28-30(35)34(25-11-7-4-8-12-25)31(38-28)33-24-9-5-3-6-10-24/h13-19,24-25H,3-12,20H2,1-2H3. The number of aliphatic imine (C=N–C) groups is 1. The first-order valence-corrected chi connectivity index (χ1v) is 15.5. The molecule has 1 saturated heterocycles. The summed E-state index contributed by atoms with van der Waals surface area (Å²) in [4.78, 5) is 21.6. The molecule has 2 aromatic carbocycles. The number of amidine groups is 1. The summed E-state index contributed by atoms with van der Waals surface area (Å²) < 4.78 is 12.6. The van der Waals surface area contributed by atoms with Crippen molar-refractivity contribution in [3.63, 3.8) is 0 Å². The van der Waals surface area contributed by atoms with Gasteiger partial charge >= 0.3 is 0 Å². The molecular formula is C31H37BrN2O3S. The van der Waals surface area contributed by atoms with Crippen molar-refractivity contribution in [1.82, 2.24) is 4.90 Å². The number of carbonyl (C=O) groups is 1. The van der Waals surface area contributed by atoms with Crippen LogP contribution in [-0.4, -0.2) is 35.2 Å². The highest BCUT2D eigenvalue weighted by Crippen LogP contribution is 2.41. The molecule has 2 aliphatic carbocycles. The third-order valence-corrected chi connectivity index (χ3v) is 9.28. The van der Waals surface area contributed by atoms with Gasteiger partial charge in [-0.3, -0.25) is 14.7 Å². The summed E-state index contributed by atoms with van der Waals surface area (Å²) in [6.07, 6.45) is 13.8. The highest BCUT2D eigenvalue weighted by atomic mass is 79.9. The van der Waals surface area contributed by atoms with Gasteiger partial charge in [-0.1, -0.05) is 68.4 Å². The van der Waals surface area contributed by atoms with Crippen LogP contribution in [0.15, 0.2) is 50.8 Å². The van der Waals surface area contributed by atoms with Gasteiger partial charge in [0.2, 0.25) is 0 Å². The summed E-state index contributed by atoms with van der Waals surface area (Å²) in [7, 11) is 1.65. The second kappa shape index (κ2) is 12.7. The lowest BCUT2D eigenvalue weighted by atomic mass is 9.94. The molecule has 0 N–H and O–H groups in total. The van der Waals surface area contributed by atoms with Crippen molar-refractivity contribution < 1.29 is 14.3 Å². The summed E-state index contributed by atoms with van der Waals surface area (Å²) in [6.45, 7) is 2.52. The molecule has 3 aliphatic rings. The Morgan fingerprint density at radius 2 is 1.71 bits per heavy atom. The molecule has 0 unspecified atom stereocenters. The fraction of sp³-hybridized carbons (Fsp3) is 0.484. The van der Waals surface area contributed by atoms with Crippen LogP contribution in [0.2, 0.25) is 0 Å². The number of amides is 1. The number of carbonyl (C=O) groups excluding carboxylic acids is 1. The molecule has 2 saturated carbocycles. The van der Waals surface area contributed by atoms with Crippen LogP contribution in [0.25, 0.3) is 6.08 Å². The zero-order chi connectivity index (χ0) is 26.5. The molecule has 1 aliphatic heterocycles. The number of aryl methyl sites for hydroxylation is 1. The minimum atomic E-state index is 0.0891. The SMILES string of the molecule is COc1cc(C=C2SC(=NC3CCCCC3)N(C3CCCCC3)C2=O)cc(Br)c1OCc1ccc(C)cc1. The quantitative estimate of drug-likeness (QED) is 0.302. The molecule has 0 atom stereocenters. The number of rotatable bonds is 7. The molecule has 7 heteroatoms. The van der Waals surface area contributed by atoms with E-state index in [0.717, 1.165) is 51.4 Å². The van der Waals surface area contributed by atoms with Crippen molar-refractivity contribution >= 4 is 44.8 Å². The number of thioether (sulfide) groups is 1. The normalized spacial score (nSPS) is 21.4. The maximum absolute atomic E-state index is 13.7. The number of methoxy groups -OCH3 is 1. The summed E-state index contributed by atoms with van der Waals surface area (Å²) >= 11 is 5.22. The molecule has 1 amide bonds. The van der Waals surface area contributed by atoms with Gasteiger partial charge in [0.15, 0.2) is 16.7 Å². The lowest BCUT2D eigenvalue weighted by Crippen LogP contribution is -2.41. The Labute approximate surface area is 239 Å². The van der Waals surface area contributed by atoms with E-state index >= 15 is 0 Å². The second-order valence-electron chi connectivity index (χ2n) is 10.6. The van der Waals surface area contributed by atoms with E-state index in [2.05, 4.69) is 47.1 Å². The predicted molar refractivity (Wildman–Crippen MR) is 160 cm³/mol. The number of hydrogen-bond donors (Lipinski definition) is 0. The van der Waals surface area contributed by atoms with E-state index in [-0.39, 0.29) is 11.9 Å². The molecule has 0 bridgehead atoms. The van der Waals surface area contributed by atoms with Crippen molar-refractivity contribution in [2.24, 2.45) is 4.99 Å². The Hall–Kier alpha value is -2.25. The van der Waals surface area contributed by atoms with Crippen molar-refractivity contribution in [2.75, 3.05) is 7.11 Å². The van der Waals surface area contributed by atoms with Gasteiger partial charge in [-0.25, -0.2) is 0 Å². The molecular weight excluding hydrogens is 560 g/mol. The predicted octanol–water partition coefficient (Wildman–Crippen LogP) is 8.28. The summed E-state index contributed by atoms with van der Waals surface area (Å²) in [5, 5.41) is 0.907. The highest BCUT2D eigenvalue weighted by Gasteiger charge is 2.39. The van der Waals surface area contributed by atoms with Crippen molar-refractivity contribution in [1.29, 1.82) is 0 Å². The monoisotopic (exact) mass is 596 g/mol. The number of halogens is 1. The lowest BCUT2D eigenvalue weighted by molar-refractivity contribution is -0.124. The Balaban J connectivity index is 1.39. The first kappa shape index (κ1) is 27.3. The fourth-order valence-corrected chi connectivity index (χ4v) is 7.24. The molecule has 5 nitrogen and oxygen atoms in total. The maximum atomic E-state index is 13.7. The zero-order valence-corrected chi connectivity index (χ0v) is 24.8. The van der Waals surface area contributed by atoms with Crippen molar-refractivity contribution in [3.05, 3.63) is 62.5 Å². The van der Waals surface area contributed by atoms with Crippen LogP contribution in [0.4, 0.5) is 0 Å². The topological polar surface area (TPSA) is 51.1 Å². The van der Waals surface area contributed by atoms with E-state index in [4.69, 9.17) is 14.5 Å². The average Bonchev–Trinajstić information content (AvgIpc) is 3.23. The minimum Gasteiger partial charge on any atom is -0.493 e. The van der Waals surface area contributed by atoms with E-state index in [1.807, 2.05) is 23.1 Å². The van der Waals surface area contributed by atoms with Crippen molar-refractivity contribution in [2.45, 2.75) is 89.8 Å². The van der Waals surface area contributed by atoms with Crippen LogP contribution in [-0.2, 0) is 11.4 Å². The summed E-state index contributed by atoms with van der Waals surface area (Å²) in [5.74, 6) is 1.38. The lowest BCUT2D eigenvalue weighted by Gasteiger charge is -2.31. The Bertz CT molecular complexity index is 1200. The minimum absolute atomic E-state index is 0.0891.